The minimum absolute atomic E-state index is 0.292. The molecule has 2 aromatic rings. The van der Waals surface area contributed by atoms with Crippen LogP contribution in [0.3, 0.4) is 0 Å². The molecular weight excluding hydrogens is 312 g/mol. The summed E-state index contributed by atoms with van der Waals surface area (Å²) in [5.74, 6) is -0.911. The molecule has 3 rings (SSSR count). The fourth-order valence-corrected chi connectivity index (χ4v) is 3.69. The lowest BCUT2D eigenvalue weighted by molar-refractivity contribution is -0.0429. The van der Waals surface area contributed by atoms with Gasteiger partial charge >= 0.3 is 5.97 Å². The van der Waals surface area contributed by atoms with Gasteiger partial charge < -0.3 is 9.84 Å². The maximum atomic E-state index is 10.9. The standard InChI is InChI=1S/C17H20N2O3S/c1-19(14-7-8-15(14)22-2)9-13-10-23-16(18-13)11-3-5-12(6-4-11)17(20)21/h3-6,10,14-15H,7-9H2,1-2H3,(H,20,21). The van der Waals surface area contributed by atoms with Gasteiger partial charge in [0.05, 0.1) is 17.4 Å². The summed E-state index contributed by atoms with van der Waals surface area (Å²) >= 11 is 1.59. The summed E-state index contributed by atoms with van der Waals surface area (Å²) in [5, 5.41) is 11.9. The first-order chi connectivity index (χ1) is 11.1. The minimum atomic E-state index is -0.911. The van der Waals surface area contributed by atoms with E-state index in [-0.39, 0.29) is 0 Å². The first-order valence-electron chi connectivity index (χ1n) is 7.59. The molecule has 0 amide bonds. The maximum absolute atomic E-state index is 10.9. The molecule has 0 spiro atoms. The summed E-state index contributed by atoms with van der Waals surface area (Å²) < 4.78 is 5.46. The van der Waals surface area contributed by atoms with E-state index in [1.165, 1.54) is 6.42 Å². The predicted octanol–water partition coefficient (Wildman–Crippen LogP) is 3.12. The largest absolute Gasteiger partial charge is 0.478 e. The molecule has 0 aliphatic heterocycles. The van der Waals surface area contributed by atoms with Crippen LogP contribution in [0.5, 0.6) is 0 Å². The highest BCUT2D eigenvalue weighted by Crippen LogP contribution is 2.29. The fourth-order valence-electron chi connectivity index (χ4n) is 2.87. The van der Waals surface area contributed by atoms with E-state index < -0.39 is 5.97 Å². The summed E-state index contributed by atoms with van der Waals surface area (Å²) in [6, 6.07) is 7.32. The van der Waals surface area contributed by atoms with E-state index in [4.69, 9.17) is 9.84 Å². The lowest BCUT2D eigenvalue weighted by Gasteiger charge is -2.41. The maximum Gasteiger partial charge on any atom is 0.335 e. The number of aromatic nitrogens is 1. The van der Waals surface area contributed by atoms with Crippen molar-refractivity contribution in [3.05, 3.63) is 40.9 Å². The van der Waals surface area contributed by atoms with E-state index in [2.05, 4.69) is 22.3 Å². The number of hydrogen-bond donors (Lipinski definition) is 1. The molecule has 2 unspecified atom stereocenters. The fraction of sp³-hybridized carbons (Fsp3) is 0.412. The number of nitrogens with zero attached hydrogens (tertiary/aromatic N) is 2. The van der Waals surface area contributed by atoms with Gasteiger partial charge in [-0.1, -0.05) is 12.1 Å². The minimum Gasteiger partial charge on any atom is -0.478 e. The molecule has 2 atom stereocenters. The van der Waals surface area contributed by atoms with Gasteiger partial charge in [0.2, 0.25) is 0 Å². The van der Waals surface area contributed by atoms with Crippen molar-refractivity contribution < 1.29 is 14.6 Å². The Bertz CT molecular complexity index is 681. The molecule has 6 heteroatoms. The number of carboxylic acid groups (broad SMARTS) is 1. The molecule has 23 heavy (non-hydrogen) atoms. The number of rotatable bonds is 6. The average Bonchev–Trinajstić information content (AvgIpc) is 2.95. The molecule has 1 N–H and O–H groups in total. The second kappa shape index (κ2) is 6.78. The summed E-state index contributed by atoms with van der Waals surface area (Å²) in [7, 11) is 3.88. The number of aromatic carboxylic acids is 1. The molecule has 1 aliphatic rings. The third kappa shape index (κ3) is 3.44. The van der Waals surface area contributed by atoms with E-state index in [1.807, 2.05) is 12.1 Å². The molecule has 122 valence electrons. The number of ether oxygens (including phenoxy) is 1. The van der Waals surface area contributed by atoms with Gasteiger partial charge in [-0.25, -0.2) is 9.78 Å². The topological polar surface area (TPSA) is 62.7 Å². The first-order valence-corrected chi connectivity index (χ1v) is 8.47. The normalized spacial score (nSPS) is 20.5. The number of thiazole rings is 1. The van der Waals surface area contributed by atoms with Crippen molar-refractivity contribution in [3.8, 4) is 10.6 Å². The first kappa shape index (κ1) is 16.1. The molecule has 0 radical (unpaired) electrons. The predicted molar refractivity (Wildman–Crippen MR) is 89.8 cm³/mol. The molecule has 1 aromatic carbocycles. The van der Waals surface area contributed by atoms with Gasteiger partial charge in [-0.05, 0) is 32.0 Å². The molecule has 1 aliphatic carbocycles. The third-order valence-electron chi connectivity index (χ3n) is 4.39. The Morgan fingerprint density at radius 3 is 2.70 bits per heavy atom. The Hall–Kier alpha value is -1.76. The number of carbonyl (C=O) groups is 1. The van der Waals surface area contributed by atoms with E-state index in [9.17, 15) is 4.79 Å². The SMILES string of the molecule is COC1CCC1N(C)Cc1csc(-c2ccc(C(=O)O)cc2)n1. The van der Waals surface area contributed by atoms with E-state index >= 15 is 0 Å². The number of carboxylic acids is 1. The van der Waals surface area contributed by atoms with Crippen molar-refractivity contribution in [2.24, 2.45) is 0 Å². The number of methoxy groups -OCH3 is 1. The Morgan fingerprint density at radius 1 is 1.39 bits per heavy atom. The zero-order chi connectivity index (χ0) is 16.4. The Morgan fingerprint density at radius 2 is 2.13 bits per heavy atom. The summed E-state index contributed by atoms with van der Waals surface area (Å²) in [5.41, 5.74) is 2.28. The van der Waals surface area contributed by atoms with Crippen LogP contribution in [0, 0.1) is 0 Å². The summed E-state index contributed by atoms with van der Waals surface area (Å²) in [6.45, 7) is 0.800. The van der Waals surface area contributed by atoms with Gasteiger partial charge in [0.15, 0.2) is 0 Å². The smallest absolute Gasteiger partial charge is 0.335 e. The van der Waals surface area contributed by atoms with E-state index in [0.717, 1.165) is 29.2 Å². The zero-order valence-electron chi connectivity index (χ0n) is 13.2. The molecule has 0 bridgehead atoms. The van der Waals surface area contributed by atoms with Crippen LogP contribution in [0.15, 0.2) is 29.6 Å². The lowest BCUT2D eigenvalue weighted by Crippen LogP contribution is -2.49. The van der Waals surface area contributed by atoms with Crippen molar-refractivity contribution in [2.45, 2.75) is 31.5 Å². The van der Waals surface area contributed by atoms with Crippen molar-refractivity contribution >= 4 is 17.3 Å². The van der Waals surface area contributed by atoms with Crippen LogP contribution in [0.4, 0.5) is 0 Å². The van der Waals surface area contributed by atoms with Crippen LogP contribution in [0.1, 0.15) is 28.9 Å². The Kier molecular flexibility index (Phi) is 4.75. The molecular formula is C17H20N2O3S. The summed E-state index contributed by atoms with van der Waals surface area (Å²) in [6.07, 6.45) is 2.63. The number of likely N-dealkylation sites (N-methyl/N-ethyl adjacent to an activating group) is 1. The van der Waals surface area contributed by atoms with Gasteiger partial charge in [0.1, 0.15) is 5.01 Å². The quantitative estimate of drug-likeness (QED) is 0.880. The van der Waals surface area contributed by atoms with Crippen LogP contribution >= 0.6 is 11.3 Å². The highest BCUT2D eigenvalue weighted by molar-refractivity contribution is 7.13. The third-order valence-corrected chi connectivity index (χ3v) is 5.33. The highest BCUT2D eigenvalue weighted by Gasteiger charge is 2.34. The van der Waals surface area contributed by atoms with Gasteiger partial charge in [0.25, 0.3) is 0 Å². The van der Waals surface area contributed by atoms with Crippen molar-refractivity contribution in [2.75, 3.05) is 14.2 Å². The van der Waals surface area contributed by atoms with Crippen LogP contribution in [0.25, 0.3) is 10.6 Å². The van der Waals surface area contributed by atoms with Gasteiger partial charge in [-0.2, -0.15) is 0 Å². The van der Waals surface area contributed by atoms with Crippen molar-refractivity contribution in [1.82, 2.24) is 9.88 Å². The van der Waals surface area contributed by atoms with Gasteiger partial charge in [0, 0.05) is 30.6 Å². The monoisotopic (exact) mass is 332 g/mol. The molecule has 0 saturated heterocycles. The van der Waals surface area contributed by atoms with Crippen molar-refractivity contribution in [3.63, 3.8) is 0 Å². The Labute approximate surface area is 139 Å². The molecule has 1 aromatic heterocycles. The molecule has 1 saturated carbocycles. The van der Waals surface area contributed by atoms with Crippen molar-refractivity contribution in [1.29, 1.82) is 0 Å². The zero-order valence-corrected chi connectivity index (χ0v) is 14.0. The van der Waals surface area contributed by atoms with Gasteiger partial charge in [-0.3, -0.25) is 4.90 Å². The van der Waals surface area contributed by atoms with E-state index in [0.29, 0.717) is 17.7 Å². The van der Waals surface area contributed by atoms with Crippen LogP contribution in [0.2, 0.25) is 0 Å². The second-order valence-electron chi connectivity index (χ2n) is 5.86. The Balaban J connectivity index is 1.67. The van der Waals surface area contributed by atoms with Crippen LogP contribution < -0.4 is 0 Å². The van der Waals surface area contributed by atoms with Crippen LogP contribution in [-0.4, -0.2) is 47.3 Å². The number of hydrogen-bond acceptors (Lipinski definition) is 5. The van der Waals surface area contributed by atoms with E-state index in [1.54, 1.807) is 30.6 Å². The number of benzene rings is 1. The lowest BCUT2D eigenvalue weighted by atomic mass is 9.88. The van der Waals surface area contributed by atoms with Gasteiger partial charge in [-0.15, -0.1) is 11.3 Å². The second-order valence-corrected chi connectivity index (χ2v) is 6.72. The molecule has 5 nitrogen and oxygen atoms in total. The summed E-state index contributed by atoms with van der Waals surface area (Å²) in [4.78, 5) is 17.9. The molecule has 1 heterocycles. The highest BCUT2D eigenvalue weighted by atomic mass is 32.1. The molecule has 1 fully saturated rings. The average molecular weight is 332 g/mol. The van der Waals surface area contributed by atoms with Crippen LogP contribution in [-0.2, 0) is 11.3 Å².